The molecule has 276 valence electrons. The van der Waals surface area contributed by atoms with E-state index in [0.29, 0.717) is 0 Å². The number of hydrogen-bond acceptors (Lipinski definition) is 3. The fourth-order valence-corrected chi connectivity index (χ4v) is 11.4. The van der Waals surface area contributed by atoms with Crippen molar-refractivity contribution >= 4 is 72.6 Å². The maximum absolute atomic E-state index is 6.31. The summed E-state index contributed by atoms with van der Waals surface area (Å²) in [4.78, 5) is 4.93. The Kier molecular flexibility index (Phi) is 6.87. The molecule has 0 saturated carbocycles. The van der Waals surface area contributed by atoms with E-state index in [4.69, 9.17) is 4.42 Å². The first kappa shape index (κ1) is 32.8. The average molecular weight is 771 g/mol. The molecule has 1 spiro atoms. The van der Waals surface area contributed by atoms with E-state index in [9.17, 15) is 0 Å². The summed E-state index contributed by atoms with van der Waals surface area (Å²) in [6, 6.07) is 75.6. The van der Waals surface area contributed by atoms with E-state index in [0.717, 1.165) is 39.0 Å². The van der Waals surface area contributed by atoms with Crippen LogP contribution in [-0.2, 0) is 5.41 Å². The number of para-hydroxylation sites is 4. The van der Waals surface area contributed by atoms with Gasteiger partial charge in [0.2, 0.25) is 0 Å². The molecule has 0 N–H and O–H groups in total. The molecule has 1 unspecified atom stereocenters. The van der Waals surface area contributed by atoms with Crippen LogP contribution in [0, 0.1) is 0 Å². The van der Waals surface area contributed by atoms with Gasteiger partial charge in [-0.05, 0) is 100 Å². The quantitative estimate of drug-likeness (QED) is 0.178. The minimum atomic E-state index is -0.535. The van der Waals surface area contributed by atoms with Crippen molar-refractivity contribution in [2.75, 3.05) is 4.90 Å². The average Bonchev–Trinajstić information content (AvgIpc) is 3.85. The van der Waals surface area contributed by atoms with Gasteiger partial charge >= 0.3 is 0 Å². The fraction of sp³-hybridized carbons (Fsp3) is 0.0182. The first-order valence-corrected chi connectivity index (χ1v) is 21.0. The summed E-state index contributed by atoms with van der Waals surface area (Å²) in [6.07, 6.45) is 0. The third-order valence-electron chi connectivity index (χ3n) is 12.6. The molecule has 9 aromatic carbocycles. The lowest BCUT2D eigenvalue weighted by molar-refractivity contribution is 0.669. The highest BCUT2D eigenvalue weighted by molar-refractivity contribution is 7.99. The normalized spacial score (nSPS) is 15.1. The highest BCUT2D eigenvalue weighted by Gasteiger charge is 2.49. The van der Waals surface area contributed by atoms with Gasteiger partial charge in [-0.2, -0.15) is 0 Å². The summed E-state index contributed by atoms with van der Waals surface area (Å²) in [5.41, 5.74) is 15.9. The van der Waals surface area contributed by atoms with Crippen LogP contribution in [-0.4, -0.2) is 4.57 Å². The SMILES string of the molecule is c1ccc(-c2ccc(N(c3ccc4c(c3)Sc3ccccc3C43c4ccccc4-n4c5ccccc5c5cccc3c54)c3ccc4oc5ccccc5c4c3)cc2)cc1. The molecule has 13 rings (SSSR count). The minimum Gasteiger partial charge on any atom is -0.456 e. The van der Waals surface area contributed by atoms with Gasteiger partial charge in [-0.15, -0.1) is 0 Å². The molecule has 0 fully saturated rings. The Morgan fingerprint density at radius 1 is 0.407 bits per heavy atom. The van der Waals surface area contributed by atoms with Gasteiger partial charge in [0.15, 0.2) is 0 Å². The van der Waals surface area contributed by atoms with Gasteiger partial charge < -0.3 is 13.9 Å². The Hall–Kier alpha value is -7.27. The number of hydrogen-bond donors (Lipinski definition) is 0. The summed E-state index contributed by atoms with van der Waals surface area (Å²) in [7, 11) is 0. The van der Waals surface area contributed by atoms with Crippen LogP contribution in [0.25, 0.3) is 60.6 Å². The predicted octanol–water partition coefficient (Wildman–Crippen LogP) is 15.0. The molecule has 4 heteroatoms. The molecule has 0 amide bonds. The van der Waals surface area contributed by atoms with E-state index >= 15 is 0 Å². The van der Waals surface area contributed by atoms with Crippen LogP contribution >= 0.6 is 11.8 Å². The molecule has 0 bridgehead atoms. The van der Waals surface area contributed by atoms with E-state index in [1.54, 1.807) is 0 Å². The molecule has 4 heterocycles. The monoisotopic (exact) mass is 770 g/mol. The van der Waals surface area contributed by atoms with E-state index in [1.807, 2.05) is 23.9 Å². The number of benzene rings is 9. The lowest BCUT2D eigenvalue weighted by atomic mass is 9.63. The molecule has 11 aromatic rings. The molecule has 59 heavy (non-hydrogen) atoms. The molecule has 0 aliphatic carbocycles. The molecule has 0 radical (unpaired) electrons. The van der Waals surface area contributed by atoms with E-state index in [2.05, 4.69) is 204 Å². The number of furan rings is 1. The van der Waals surface area contributed by atoms with Crippen molar-refractivity contribution in [2.45, 2.75) is 15.2 Å². The molecule has 1 atom stereocenters. The lowest BCUT2D eigenvalue weighted by Gasteiger charge is -2.45. The smallest absolute Gasteiger partial charge is 0.135 e. The maximum Gasteiger partial charge on any atom is 0.135 e. The van der Waals surface area contributed by atoms with E-state index in [1.165, 1.54) is 70.7 Å². The van der Waals surface area contributed by atoms with Crippen LogP contribution in [0.1, 0.15) is 22.3 Å². The van der Waals surface area contributed by atoms with Crippen LogP contribution in [0.5, 0.6) is 0 Å². The maximum atomic E-state index is 6.31. The van der Waals surface area contributed by atoms with Crippen LogP contribution in [0.2, 0.25) is 0 Å². The second-order valence-electron chi connectivity index (χ2n) is 15.6. The molecular weight excluding hydrogens is 737 g/mol. The van der Waals surface area contributed by atoms with Gasteiger partial charge in [-0.1, -0.05) is 151 Å². The Morgan fingerprint density at radius 3 is 1.93 bits per heavy atom. The molecule has 2 aliphatic heterocycles. The highest BCUT2D eigenvalue weighted by atomic mass is 32.2. The zero-order valence-corrected chi connectivity index (χ0v) is 32.7. The number of nitrogens with zero attached hydrogens (tertiary/aromatic N) is 2. The Bertz CT molecular complexity index is 3490. The third-order valence-corrected chi connectivity index (χ3v) is 13.8. The molecule has 3 nitrogen and oxygen atoms in total. The first-order chi connectivity index (χ1) is 29.3. The van der Waals surface area contributed by atoms with Crippen molar-refractivity contribution in [1.29, 1.82) is 0 Å². The Morgan fingerprint density at radius 2 is 1.03 bits per heavy atom. The zero-order chi connectivity index (χ0) is 38.7. The van der Waals surface area contributed by atoms with Gasteiger partial charge in [-0.3, -0.25) is 0 Å². The number of anilines is 3. The van der Waals surface area contributed by atoms with Crippen molar-refractivity contribution < 1.29 is 4.42 Å². The summed E-state index contributed by atoms with van der Waals surface area (Å²) >= 11 is 1.88. The van der Waals surface area contributed by atoms with Crippen molar-refractivity contribution in [3.05, 3.63) is 229 Å². The van der Waals surface area contributed by atoms with Crippen LogP contribution in [0.3, 0.4) is 0 Å². The molecule has 2 aromatic heterocycles. The van der Waals surface area contributed by atoms with Gasteiger partial charge in [0.05, 0.1) is 22.1 Å². The Balaban J connectivity index is 1.07. The summed E-state index contributed by atoms with van der Waals surface area (Å²) in [5.74, 6) is 0. The number of rotatable bonds is 4. The second kappa shape index (κ2) is 12.4. The standard InChI is InChI=1S/C55H34N2OS/c1-2-13-35(14-3-1)36-25-27-37(28-26-36)56(38-30-32-51-43(33-38)41-16-5-10-23-50(41)58-51)39-29-31-46-53(34-39)59-52-24-11-7-19-45(52)55(46)44-18-6-9-22-49(44)57-48-21-8-4-15-40(48)42-17-12-20-47(55)54(42)57/h1-34H. The summed E-state index contributed by atoms with van der Waals surface area (Å²) < 4.78 is 8.82. The zero-order valence-electron chi connectivity index (χ0n) is 31.8. The molecular formula is C55H34N2OS. The highest BCUT2D eigenvalue weighted by Crippen LogP contribution is 2.61. The summed E-state index contributed by atoms with van der Waals surface area (Å²) in [6.45, 7) is 0. The van der Waals surface area contributed by atoms with E-state index < -0.39 is 5.41 Å². The van der Waals surface area contributed by atoms with Gasteiger partial charge in [-0.25, -0.2) is 0 Å². The van der Waals surface area contributed by atoms with Crippen molar-refractivity contribution in [3.8, 4) is 16.8 Å². The van der Waals surface area contributed by atoms with Gasteiger partial charge in [0, 0.05) is 48.4 Å². The number of aromatic nitrogens is 1. The van der Waals surface area contributed by atoms with E-state index in [-0.39, 0.29) is 0 Å². The van der Waals surface area contributed by atoms with Crippen LogP contribution < -0.4 is 4.90 Å². The topological polar surface area (TPSA) is 21.3 Å². The van der Waals surface area contributed by atoms with Gasteiger partial charge in [0.1, 0.15) is 11.2 Å². The summed E-state index contributed by atoms with van der Waals surface area (Å²) in [5, 5.41) is 4.78. The Labute approximate surface area is 345 Å². The second-order valence-corrected chi connectivity index (χ2v) is 16.7. The fourth-order valence-electron chi connectivity index (χ4n) is 10.2. The van der Waals surface area contributed by atoms with Crippen LogP contribution in [0.15, 0.2) is 220 Å². The van der Waals surface area contributed by atoms with Gasteiger partial charge in [0.25, 0.3) is 0 Å². The third kappa shape index (κ3) is 4.55. The van der Waals surface area contributed by atoms with Crippen molar-refractivity contribution in [3.63, 3.8) is 0 Å². The number of fused-ring (bicyclic) bond motifs is 14. The molecule has 2 aliphatic rings. The van der Waals surface area contributed by atoms with Crippen molar-refractivity contribution in [2.24, 2.45) is 0 Å². The largest absolute Gasteiger partial charge is 0.456 e. The van der Waals surface area contributed by atoms with Crippen molar-refractivity contribution in [1.82, 2.24) is 4.57 Å². The lowest BCUT2D eigenvalue weighted by Crippen LogP contribution is -2.37. The first-order valence-electron chi connectivity index (χ1n) is 20.2. The van der Waals surface area contributed by atoms with Crippen LogP contribution in [0.4, 0.5) is 17.1 Å². The minimum absolute atomic E-state index is 0.535. The predicted molar refractivity (Wildman–Crippen MR) is 244 cm³/mol. The molecule has 0 saturated heterocycles.